The van der Waals surface area contributed by atoms with Crippen LogP contribution in [-0.4, -0.2) is 50.9 Å². The van der Waals surface area contributed by atoms with Gasteiger partial charge in [0.2, 0.25) is 6.41 Å². The predicted octanol–water partition coefficient (Wildman–Crippen LogP) is 1.78. The molecule has 0 radical (unpaired) electrons. The first-order valence-electron chi connectivity index (χ1n) is 8.03. The monoisotopic (exact) mass is 380 g/mol. The summed E-state index contributed by atoms with van der Waals surface area (Å²) in [6.45, 7) is 4.75. The molecule has 0 aliphatic carbocycles. The fraction of sp³-hybridized carbons (Fsp3) is 0.375. The van der Waals surface area contributed by atoms with Crippen LogP contribution in [-0.2, 0) is 21.2 Å². The molecule has 1 fully saturated rings. The third-order valence-electron chi connectivity index (χ3n) is 4.04. The SMILES string of the molecule is CCc1ccc(S(=O)(=O)Nc2ccc(N3CCN(C=O)CC3)nc2)s1. The van der Waals surface area contributed by atoms with Gasteiger partial charge in [0.25, 0.3) is 10.0 Å². The topological polar surface area (TPSA) is 82.6 Å². The highest BCUT2D eigenvalue weighted by Gasteiger charge is 2.19. The number of nitrogens with zero attached hydrogens (tertiary/aromatic N) is 3. The number of piperazine rings is 1. The molecular weight excluding hydrogens is 360 g/mol. The molecule has 1 aliphatic heterocycles. The Morgan fingerprint density at radius 2 is 1.96 bits per heavy atom. The number of carbonyl (C=O) groups excluding carboxylic acids is 1. The maximum absolute atomic E-state index is 12.4. The average Bonchev–Trinajstić information content (AvgIpc) is 3.12. The Kier molecular flexibility index (Phi) is 5.24. The number of thiophene rings is 1. The number of hydrogen-bond donors (Lipinski definition) is 1. The van der Waals surface area contributed by atoms with Gasteiger partial charge in [-0.3, -0.25) is 9.52 Å². The summed E-state index contributed by atoms with van der Waals surface area (Å²) in [5.41, 5.74) is 0.432. The van der Waals surface area contributed by atoms with E-state index in [0.717, 1.165) is 23.5 Å². The molecule has 3 heterocycles. The molecule has 0 atom stereocenters. The van der Waals surface area contributed by atoms with Crippen molar-refractivity contribution in [3.8, 4) is 0 Å². The van der Waals surface area contributed by atoms with Gasteiger partial charge in [-0.05, 0) is 30.7 Å². The van der Waals surface area contributed by atoms with Crippen molar-refractivity contribution in [2.45, 2.75) is 17.6 Å². The van der Waals surface area contributed by atoms with E-state index in [0.29, 0.717) is 36.1 Å². The van der Waals surface area contributed by atoms with E-state index in [2.05, 4.69) is 14.6 Å². The summed E-state index contributed by atoms with van der Waals surface area (Å²) in [7, 11) is -3.58. The van der Waals surface area contributed by atoms with E-state index >= 15 is 0 Å². The van der Waals surface area contributed by atoms with Crippen LogP contribution in [0.15, 0.2) is 34.7 Å². The molecule has 1 saturated heterocycles. The molecule has 0 unspecified atom stereocenters. The smallest absolute Gasteiger partial charge is 0.271 e. The Morgan fingerprint density at radius 3 is 2.52 bits per heavy atom. The predicted molar refractivity (Wildman–Crippen MR) is 98.6 cm³/mol. The van der Waals surface area contributed by atoms with E-state index in [-0.39, 0.29) is 0 Å². The first-order valence-corrected chi connectivity index (χ1v) is 10.3. The lowest BCUT2D eigenvalue weighted by atomic mass is 10.3. The minimum atomic E-state index is -3.58. The summed E-state index contributed by atoms with van der Waals surface area (Å²) in [6.07, 6.45) is 3.19. The highest BCUT2D eigenvalue weighted by atomic mass is 32.2. The van der Waals surface area contributed by atoms with Crippen molar-refractivity contribution in [1.29, 1.82) is 0 Å². The minimum Gasteiger partial charge on any atom is -0.353 e. The van der Waals surface area contributed by atoms with Crippen LogP contribution in [0.25, 0.3) is 0 Å². The van der Waals surface area contributed by atoms with Gasteiger partial charge in [-0.2, -0.15) is 0 Å². The van der Waals surface area contributed by atoms with Gasteiger partial charge in [0.1, 0.15) is 10.0 Å². The summed E-state index contributed by atoms with van der Waals surface area (Å²) in [4.78, 5) is 19.9. The molecule has 0 saturated carbocycles. The minimum absolute atomic E-state index is 0.304. The summed E-state index contributed by atoms with van der Waals surface area (Å²) >= 11 is 1.28. The Bertz CT molecular complexity index is 825. The number of aromatic nitrogens is 1. The van der Waals surface area contributed by atoms with Gasteiger partial charge in [0.15, 0.2) is 0 Å². The van der Waals surface area contributed by atoms with Gasteiger partial charge in [0, 0.05) is 31.1 Å². The number of nitrogens with one attached hydrogen (secondary N) is 1. The van der Waals surface area contributed by atoms with Crippen molar-refractivity contribution < 1.29 is 13.2 Å². The Morgan fingerprint density at radius 1 is 1.20 bits per heavy atom. The standard InChI is InChI=1S/C16H20N4O3S2/c1-2-14-4-6-16(24-14)25(22,23)18-13-3-5-15(17-11-13)20-9-7-19(12-21)8-10-20/h3-6,11-12,18H,2,7-10H2,1H3. The van der Waals surface area contributed by atoms with Crippen molar-refractivity contribution in [3.05, 3.63) is 35.3 Å². The molecule has 0 aromatic carbocycles. The fourth-order valence-electron chi connectivity index (χ4n) is 2.59. The molecule has 0 spiro atoms. The molecule has 1 amide bonds. The van der Waals surface area contributed by atoms with Crippen LogP contribution in [0.2, 0.25) is 0 Å². The van der Waals surface area contributed by atoms with E-state index in [1.807, 2.05) is 13.0 Å². The molecule has 9 heteroatoms. The highest BCUT2D eigenvalue weighted by molar-refractivity contribution is 7.94. The van der Waals surface area contributed by atoms with Gasteiger partial charge < -0.3 is 9.80 Å². The molecule has 2 aromatic rings. The number of anilines is 2. The van der Waals surface area contributed by atoms with Crippen LogP contribution in [0.1, 0.15) is 11.8 Å². The van der Waals surface area contributed by atoms with Gasteiger partial charge in [0.05, 0.1) is 11.9 Å². The highest BCUT2D eigenvalue weighted by Crippen LogP contribution is 2.25. The van der Waals surface area contributed by atoms with Crippen LogP contribution in [0.3, 0.4) is 0 Å². The van der Waals surface area contributed by atoms with Gasteiger partial charge in [-0.25, -0.2) is 13.4 Å². The van der Waals surface area contributed by atoms with E-state index in [4.69, 9.17) is 0 Å². The fourth-order valence-corrected chi connectivity index (χ4v) is 4.93. The van der Waals surface area contributed by atoms with Crippen molar-refractivity contribution in [2.75, 3.05) is 35.8 Å². The maximum atomic E-state index is 12.4. The molecule has 0 bridgehead atoms. The quantitative estimate of drug-likeness (QED) is 0.773. The zero-order valence-corrected chi connectivity index (χ0v) is 15.5. The van der Waals surface area contributed by atoms with Crippen LogP contribution in [0.4, 0.5) is 11.5 Å². The average molecular weight is 380 g/mol. The van der Waals surface area contributed by atoms with Gasteiger partial charge >= 0.3 is 0 Å². The van der Waals surface area contributed by atoms with E-state index < -0.39 is 10.0 Å². The number of amides is 1. The van der Waals surface area contributed by atoms with Crippen LogP contribution < -0.4 is 9.62 Å². The third-order valence-corrected chi connectivity index (χ3v) is 7.14. The zero-order valence-electron chi connectivity index (χ0n) is 13.9. The molecule has 2 aromatic heterocycles. The van der Waals surface area contributed by atoms with Crippen LogP contribution in [0.5, 0.6) is 0 Å². The van der Waals surface area contributed by atoms with Crippen molar-refractivity contribution in [1.82, 2.24) is 9.88 Å². The second kappa shape index (κ2) is 7.40. The van der Waals surface area contributed by atoms with E-state index in [9.17, 15) is 13.2 Å². The molecule has 1 N–H and O–H groups in total. The summed E-state index contributed by atoms with van der Waals surface area (Å²) < 4.78 is 27.7. The Balaban J connectivity index is 1.67. The third kappa shape index (κ3) is 4.10. The van der Waals surface area contributed by atoms with Crippen molar-refractivity contribution in [3.63, 3.8) is 0 Å². The lowest BCUT2D eigenvalue weighted by molar-refractivity contribution is -0.118. The first kappa shape index (κ1) is 17.7. The molecule has 134 valence electrons. The van der Waals surface area contributed by atoms with Crippen molar-refractivity contribution >= 4 is 39.3 Å². The normalized spacial score (nSPS) is 15.2. The molecule has 7 nitrogen and oxygen atoms in total. The summed E-state index contributed by atoms with van der Waals surface area (Å²) in [5, 5.41) is 0. The van der Waals surface area contributed by atoms with Gasteiger partial charge in [-0.1, -0.05) is 6.92 Å². The molecule has 3 rings (SSSR count). The van der Waals surface area contributed by atoms with Crippen LogP contribution >= 0.6 is 11.3 Å². The number of aryl methyl sites for hydroxylation is 1. The number of hydrogen-bond acceptors (Lipinski definition) is 6. The number of rotatable bonds is 6. The Labute approximate surface area is 151 Å². The molecule has 25 heavy (non-hydrogen) atoms. The first-order chi connectivity index (χ1) is 12.0. The zero-order chi connectivity index (χ0) is 17.9. The second-order valence-electron chi connectivity index (χ2n) is 5.71. The lowest BCUT2D eigenvalue weighted by Gasteiger charge is -2.33. The van der Waals surface area contributed by atoms with E-state index in [1.54, 1.807) is 23.1 Å². The largest absolute Gasteiger partial charge is 0.353 e. The Hall–Kier alpha value is -2.13. The maximum Gasteiger partial charge on any atom is 0.271 e. The second-order valence-corrected chi connectivity index (χ2v) is 8.79. The van der Waals surface area contributed by atoms with E-state index in [1.165, 1.54) is 17.5 Å². The van der Waals surface area contributed by atoms with Crippen molar-refractivity contribution in [2.24, 2.45) is 0 Å². The summed E-state index contributed by atoms with van der Waals surface area (Å²) in [6, 6.07) is 6.96. The number of pyridine rings is 1. The number of carbonyl (C=O) groups is 1. The molecule has 1 aliphatic rings. The van der Waals surface area contributed by atoms with Crippen LogP contribution in [0, 0.1) is 0 Å². The van der Waals surface area contributed by atoms with Gasteiger partial charge in [-0.15, -0.1) is 11.3 Å². The lowest BCUT2D eigenvalue weighted by Crippen LogP contribution is -2.46. The number of sulfonamides is 1. The summed E-state index contributed by atoms with van der Waals surface area (Å²) in [5.74, 6) is 0.776. The molecular formula is C16H20N4O3S2.